The SMILES string of the molecule is Cc1ccc(C(O)=C2C(=O)C(=O)N(CCc3cnc[nH]3)C2c2cccc(F)c2)cc1. The second-order valence-electron chi connectivity index (χ2n) is 7.24. The van der Waals surface area contributed by atoms with E-state index in [-0.39, 0.29) is 17.9 Å². The second-order valence-corrected chi connectivity index (χ2v) is 7.24. The molecule has 7 heteroatoms. The topological polar surface area (TPSA) is 86.3 Å². The Hall–Kier alpha value is -3.74. The molecule has 1 fully saturated rings. The molecule has 1 aliphatic heterocycles. The van der Waals surface area contributed by atoms with Crippen LogP contribution >= 0.6 is 0 Å². The summed E-state index contributed by atoms with van der Waals surface area (Å²) in [5.74, 6) is -2.27. The minimum atomic E-state index is -0.884. The van der Waals surface area contributed by atoms with Crippen molar-refractivity contribution >= 4 is 17.4 Å². The number of likely N-dealkylation sites (tertiary alicyclic amines) is 1. The number of Topliss-reactive ketones (excluding diaryl/α,β-unsaturated/α-hetero) is 1. The van der Waals surface area contributed by atoms with Gasteiger partial charge in [-0.1, -0.05) is 42.0 Å². The number of aliphatic hydroxyl groups excluding tert-OH is 1. The minimum absolute atomic E-state index is 0.0425. The number of hydrogen-bond donors (Lipinski definition) is 2. The zero-order valence-corrected chi connectivity index (χ0v) is 16.3. The van der Waals surface area contributed by atoms with Crippen LogP contribution in [0.15, 0.2) is 66.6 Å². The van der Waals surface area contributed by atoms with Crippen molar-refractivity contribution < 1.29 is 19.1 Å². The van der Waals surface area contributed by atoms with E-state index < -0.39 is 23.5 Å². The summed E-state index contributed by atoms with van der Waals surface area (Å²) in [7, 11) is 0. The molecule has 1 aliphatic rings. The Morgan fingerprint density at radius 3 is 2.63 bits per heavy atom. The van der Waals surface area contributed by atoms with Crippen molar-refractivity contribution in [3.63, 3.8) is 0 Å². The van der Waals surface area contributed by atoms with Gasteiger partial charge in [-0.3, -0.25) is 9.59 Å². The van der Waals surface area contributed by atoms with E-state index >= 15 is 0 Å². The first-order valence-electron chi connectivity index (χ1n) is 9.54. The van der Waals surface area contributed by atoms with E-state index in [4.69, 9.17) is 0 Å². The monoisotopic (exact) mass is 405 g/mol. The van der Waals surface area contributed by atoms with Crippen LogP contribution in [-0.2, 0) is 16.0 Å². The number of benzene rings is 2. The van der Waals surface area contributed by atoms with Gasteiger partial charge in [0.25, 0.3) is 11.7 Å². The molecule has 0 aliphatic carbocycles. The minimum Gasteiger partial charge on any atom is -0.507 e. The van der Waals surface area contributed by atoms with Crippen LogP contribution in [0.25, 0.3) is 5.76 Å². The van der Waals surface area contributed by atoms with Crippen LogP contribution in [0.4, 0.5) is 4.39 Å². The van der Waals surface area contributed by atoms with Crippen molar-refractivity contribution in [1.29, 1.82) is 0 Å². The maximum Gasteiger partial charge on any atom is 0.295 e. The molecule has 2 heterocycles. The fourth-order valence-electron chi connectivity index (χ4n) is 3.66. The highest BCUT2D eigenvalue weighted by Crippen LogP contribution is 2.39. The number of rotatable bonds is 5. The van der Waals surface area contributed by atoms with Gasteiger partial charge in [0, 0.05) is 30.4 Å². The van der Waals surface area contributed by atoms with Gasteiger partial charge >= 0.3 is 0 Å². The first-order valence-corrected chi connectivity index (χ1v) is 9.54. The lowest BCUT2D eigenvalue weighted by Crippen LogP contribution is -2.31. The maximum atomic E-state index is 14.0. The number of carbonyl (C=O) groups excluding carboxylic acids is 2. The summed E-state index contributed by atoms with van der Waals surface area (Å²) < 4.78 is 14.0. The number of aromatic nitrogens is 2. The number of aryl methyl sites for hydroxylation is 1. The van der Waals surface area contributed by atoms with Gasteiger partial charge in [0.05, 0.1) is 17.9 Å². The number of aliphatic hydroxyl groups is 1. The average molecular weight is 405 g/mol. The molecule has 1 aromatic heterocycles. The van der Waals surface area contributed by atoms with E-state index in [2.05, 4.69) is 9.97 Å². The number of halogens is 1. The number of nitrogens with zero attached hydrogens (tertiary/aromatic N) is 2. The van der Waals surface area contributed by atoms with Crippen LogP contribution in [0.5, 0.6) is 0 Å². The molecule has 1 amide bonds. The first kappa shape index (κ1) is 19.6. The summed E-state index contributed by atoms with van der Waals surface area (Å²) in [5, 5.41) is 10.9. The number of carbonyl (C=O) groups is 2. The quantitative estimate of drug-likeness (QED) is 0.386. The van der Waals surface area contributed by atoms with Crippen molar-refractivity contribution in [1.82, 2.24) is 14.9 Å². The Morgan fingerprint density at radius 1 is 1.20 bits per heavy atom. The van der Waals surface area contributed by atoms with Gasteiger partial charge in [0.1, 0.15) is 11.6 Å². The van der Waals surface area contributed by atoms with Gasteiger partial charge in [-0.2, -0.15) is 0 Å². The zero-order valence-electron chi connectivity index (χ0n) is 16.3. The number of aromatic amines is 1. The molecule has 1 unspecified atom stereocenters. The van der Waals surface area contributed by atoms with Gasteiger partial charge in [-0.25, -0.2) is 9.37 Å². The Bertz CT molecular complexity index is 1120. The van der Waals surface area contributed by atoms with Crippen molar-refractivity contribution in [3.05, 3.63) is 94.8 Å². The first-order chi connectivity index (χ1) is 14.5. The summed E-state index contributed by atoms with van der Waals surface area (Å²) in [5.41, 5.74) is 2.60. The Labute approximate surface area is 172 Å². The predicted octanol–water partition coefficient (Wildman–Crippen LogP) is 3.52. The number of ketones is 1. The third-order valence-electron chi connectivity index (χ3n) is 5.21. The molecule has 2 N–H and O–H groups in total. The number of nitrogens with one attached hydrogen (secondary N) is 1. The predicted molar refractivity (Wildman–Crippen MR) is 109 cm³/mol. The van der Waals surface area contributed by atoms with Gasteiger partial charge in [0.15, 0.2) is 0 Å². The highest BCUT2D eigenvalue weighted by Gasteiger charge is 2.45. The van der Waals surface area contributed by atoms with Crippen LogP contribution < -0.4 is 0 Å². The summed E-state index contributed by atoms with van der Waals surface area (Å²) in [6.45, 7) is 2.11. The molecule has 3 aromatic rings. The molecule has 30 heavy (non-hydrogen) atoms. The van der Waals surface area contributed by atoms with Crippen LogP contribution in [-0.4, -0.2) is 38.2 Å². The Balaban J connectivity index is 1.80. The molecule has 0 radical (unpaired) electrons. The standard InChI is InChI=1S/C23H20FN3O3/c1-14-5-7-15(8-6-14)21(28)19-20(16-3-2-4-17(24)11-16)27(23(30)22(19)29)10-9-18-12-25-13-26-18/h2-8,11-13,20,28H,9-10H2,1H3,(H,25,26). The normalized spacial score (nSPS) is 18.2. The lowest BCUT2D eigenvalue weighted by molar-refractivity contribution is -0.139. The van der Waals surface area contributed by atoms with E-state index in [0.717, 1.165) is 11.3 Å². The van der Waals surface area contributed by atoms with E-state index in [9.17, 15) is 19.1 Å². The summed E-state index contributed by atoms with van der Waals surface area (Å²) in [4.78, 5) is 34.0. The van der Waals surface area contributed by atoms with Crippen LogP contribution in [0.3, 0.4) is 0 Å². The number of amides is 1. The van der Waals surface area contributed by atoms with E-state index in [0.29, 0.717) is 17.5 Å². The van der Waals surface area contributed by atoms with Crippen LogP contribution in [0, 0.1) is 12.7 Å². The fraction of sp³-hybridized carbons (Fsp3) is 0.174. The molecule has 152 valence electrons. The largest absolute Gasteiger partial charge is 0.507 e. The zero-order chi connectivity index (χ0) is 21.3. The molecule has 2 aromatic carbocycles. The van der Waals surface area contributed by atoms with E-state index in [1.807, 2.05) is 6.92 Å². The highest BCUT2D eigenvalue weighted by molar-refractivity contribution is 6.46. The summed E-state index contributed by atoms with van der Waals surface area (Å²) in [6.07, 6.45) is 3.61. The average Bonchev–Trinajstić information content (AvgIpc) is 3.34. The Kier molecular flexibility index (Phi) is 5.18. The van der Waals surface area contributed by atoms with Gasteiger partial charge in [-0.05, 0) is 24.6 Å². The second kappa shape index (κ2) is 7.94. The van der Waals surface area contributed by atoms with Crippen molar-refractivity contribution in [2.75, 3.05) is 6.54 Å². The molecule has 0 saturated carbocycles. The van der Waals surface area contributed by atoms with Crippen molar-refractivity contribution in [3.8, 4) is 0 Å². The van der Waals surface area contributed by atoms with Crippen molar-refractivity contribution in [2.24, 2.45) is 0 Å². The smallest absolute Gasteiger partial charge is 0.295 e. The summed E-state index contributed by atoms with van der Waals surface area (Å²) in [6, 6.07) is 11.8. The molecule has 1 atom stereocenters. The van der Waals surface area contributed by atoms with Crippen LogP contribution in [0.1, 0.15) is 28.4 Å². The molecule has 6 nitrogen and oxygen atoms in total. The van der Waals surface area contributed by atoms with Gasteiger partial charge < -0.3 is 15.0 Å². The molecular formula is C23H20FN3O3. The number of imidazole rings is 1. The van der Waals surface area contributed by atoms with E-state index in [1.165, 1.54) is 29.4 Å². The Morgan fingerprint density at radius 2 is 1.97 bits per heavy atom. The third kappa shape index (κ3) is 3.61. The number of hydrogen-bond acceptors (Lipinski definition) is 4. The summed E-state index contributed by atoms with van der Waals surface area (Å²) >= 11 is 0. The highest BCUT2D eigenvalue weighted by atomic mass is 19.1. The molecule has 0 bridgehead atoms. The fourth-order valence-corrected chi connectivity index (χ4v) is 3.66. The lowest BCUT2D eigenvalue weighted by atomic mass is 9.95. The van der Waals surface area contributed by atoms with Gasteiger partial charge in [0.2, 0.25) is 0 Å². The van der Waals surface area contributed by atoms with E-state index in [1.54, 1.807) is 36.5 Å². The van der Waals surface area contributed by atoms with Gasteiger partial charge in [-0.15, -0.1) is 0 Å². The molecule has 0 spiro atoms. The van der Waals surface area contributed by atoms with Crippen LogP contribution in [0.2, 0.25) is 0 Å². The molecule has 1 saturated heterocycles. The molecule has 4 rings (SSSR count). The molecular weight excluding hydrogens is 385 g/mol. The maximum absolute atomic E-state index is 14.0. The lowest BCUT2D eigenvalue weighted by Gasteiger charge is -2.25. The van der Waals surface area contributed by atoms with Crippen molar-refractivity contribution in [2.45, 2.75) is 19.4 Å². The number of H-pyrrole nitrogens is 1. The third-order valence-corrected chi connectivity index (χ3v) is 5.21.